The smallest absolute Gasteiger partial charge is 0.153 e. The molecule has 3 N–H and O–H groups in total. The van der Waals surface area contributed by atoms with Crippen molar-refractivity contribution >= 4 is 16.9 Å². The number of aromatic nitrogens is 3. The number of nitrogen functional groups attached to an aromatic ring is 1. The predicted octanol–water partition coefficient (Wildman–Crippen LogP) is 2.99. The van der Waals surface area contributed by atoms with Gasteiger partial charge in [-0.1, -0.05) is 6.42 Å². The molecule has 1 aliphatic heterocycles. The topological polar surface area (TPSA) is 80.0 Å². The molecule has 1 atom stereocenters. The summed E-state index contributed by atoms with van der Waals surface area (Å²) in [5.74, 6) is 0.0463. The Kier molecular flexibility index (Phi) is 5.45. The summed E-state index contributed by atoms with van der Waals surface area (Å²) in [4.78, 5) is 15.1. The van der Waals surface area contributed by atoms with E-state index in [1.165, 1.54) is 31.7 Å². The lowest BCUT2D eigenvalue weighted by molar-refractivity contribution is 0.181. The molecule has 1 saturated heterocycles. The second-order valence-electron chi connectivity index (χ2n) is 7.43. The van der Waals surface area contributed by atoms with Crippen molar-refractivity contribution in [1.29, 1.82) is 0 Å². The second-order valence-corrected chi connectivity index (χ2v) is 7.43. The van der Waals surface area contributed by atoms with Crippen LogP contribution in [0.3, 0.4) is 0 Å². The minimum Gasteiger partial charge on any atom is -0.382 e. The van der Waals surface area contributed by atoms with E-state index in [9.17, 15) is 4.39 Å². The molecule has 0 radical (unpaired) electrons. The summed E-state index contributed by atoms with van der Waals surface area (Å²) in [6, 6.07) is 9.24. The third kappa shape index (κ3) is 4.10. The van der Waals surface area contributed by atoms with Crippen molar-refractivity contribution in [3.8, 4) is 11.3 Å². The highest BCUT2D eigenvalue weighted by atomic mass is 19.1. The largest absolute Gasteiger partial charge is 0.382 e. The van der Waals surface area contributed by atoms with Crippen LogP contribution >= 0.6 is 0 Å². The van der Waals surface area contributed by atoms with Crippen LogP contribution in [0.15, 0.2) is 36.7 Å². The van der Waals surface area contributed by atoms with E-state index < -0.39 is 0 Å². The molecule has 0 bridgehead atoms. The number of piperidine rings is 1. The molecule has 3 aromatic rings. The summed E-state index contributed by atoms with van der Waals surface area (Å²) in [5.41, 5.74) is 9.38. The van der Waals surface area contributed by atoms with Crippen molar-refractivity contribution in [1.82, 2.24) is 25.2 Å². The fraction of sp³-hybridized carbons (Fsp3) is 0.381. The molecule has 1 aromatic carbocycles. The number of nitrogens with zero attached hydrogens (tertiary/aromatic N) is 4. The van der Waals surface area contributed by atoms with Gasteiger partial charge in [0.25, 0.3) is 0 Å². The van der Waals surface area contributed by atoms with Gasteiger partial charge in [0.2, 0.25) is 0 Å². The van der Waals surface area contributed by atoms with Gasteiger partial charge in [-0.2, -0.15) is 0 Å². The number of nitrogens with two attached hydrogens (primary N) is 1. The van der Waals surface area contributed by atoms with Gasteiger partial charge in [0, 0.05) is 24.7 Å². The number of likely N-dealkylation sites (N-methyl/N-ethyl adjacent to an activating group) is 1. The fourth-order valence-electron chi connectivity index (χ4n) is 3.81. The van der Waals surface area contributed by atoms with E-state index in [1.54, 1.807) is 6.07 Å². The highest BCUT2D eigenvalue weighted by Gasteiger charge is 2.18. The third-order valence-electron chi connectivity index (χ3n) is 5.39. The number of pyridine rings is 1. The minimum atomic E-state index is -0.275. The molecule has 28 heavy (non-hydrogen) atoms. The fourth-order valence-corrected chi connectivity index (χ4v) is 3.81. The summed E-state index contributed by atoms with van der Waals surface area (Å²) in [6.45, 7) is 2.68. The van der Waals surface area contributed by atoms with Gasteiger partial charge in [-0.25, -0.2) is 19.3 Å². The van der Waals surface area contributed by atoms with Crippen LogP contribution in [-0.2, 0) is 6.54 Å². The van der Waals surface area contributed by atoms with Gasteiger partial charge in [0.1, 0.15) is 17.7 Å². The van der Waals surface area contributed by atoms with E-state index >= 15 is 0 Å². The van der Waals surface area contributed by atoms with E-state index in [0.717, 1.165) is 24.2 Å². The van der Waals surface area contributed by atoms with Crippen LogP contribution in [0.5, 0.6) is 0 Å². The Morgan fingerprint density at radius 3 is 2.96 bits per heavy atom. The number of nitrogens with one attached hydrogen (secondary N) is 1. The monoisotopic (exact) mass is 380 g/mol. The van der Waals surface area contributed by atoms with Crippen LogP contribution in [0.2, 0.25) is 0 Å². The number of halogens is 1. The first-order valence-electron chi connectivity index (χ1n) is 9.68. The quantitative estimate of drug-likeness (QED) is 0.708. The van der Waals surface area contributed by atoms with E-state index in [1.807, 2.05) is 18.2 Å². The molecule has 2 aromatic heterocycles. The lowest BCUT2D eigenvalue weighted by Gasteiger charge is -2.32. The minimum absolute atomic E-state index is 0.275. The molecule has 146 valence electrons. The number of anilines is 1. The van der Waals surface area contributed by atoms with Crippen LogP contribution in [0.4, 0.5) is 10.2 Å². The van der Waals surface area contributed by atoms with Crippen molar-refractivity contribution < 1.29 is 4.39 Å². The van der Waals surface area contributed by atoms with E-state index in [0.29, 0.717) is 35.1 Å². The van der Waals surface area contributed by atoms with Crippen molar-refractivity contribution in [3.05, 3.63) is 48.0 Å². The first kappa shape index (κ1) is 18.7. The molecule has 3 heterocycles. The maximum Gasteiger partial charge on any atom is 0.153 e. The van der Waals surface area contributed by atoms with Gasteiger partial charge in [0.05, 0.1) is 11.2 Å². The van der Waals surface area contributed by atoms with Gasteiger partial charge in [0.15, 0.2) is 5.82 Å². The number of rotatable bonds is 5. The highest BCUT2D eigenvalue weighted by molar-refractivity contribution is 5.85. The average molecular weight is 380 g/mol. The van der Waals surface area contributed by atoms with Gasteiger partial charge < -0.3 is 16.0 Å². The van der Waals surface area contributed by atoms with Crippen LogP contribution in [0, 0.1) is 5.82 Å². The van der Waals surface area contributed by atoms with Crippen LogP contribution in [0.1, 0.15) is 24.8 Å². The van der Waals surface area contributed by atoms with Gasteiger partial charge in [-0.3, -0.25) is 0 Å². The molecule has 0 spiro atoms. The lowest BCUT2D eigenvalue weighted by atomic mass is 10.0. The number of fused-ring (bicyclic) bond motifs is 1. The first-order valence-corrected chi connectivity index (χ1v) is 9.68. The predicted molar refractivity (Wildman–Crippen MR) is 109 cm³/mol. The number of hydrogen-bond donors (Lipinski definition) is 2. The van der Waals surface area contributed by atoms with Crippen LogP contribution in [0.25, 0.3) is 22.3 Å². The molecule has 6 nitrogen and oxygen atoms in total. The standard InChI is InChI=1S/C21H25FN6/c1-28-7-3-2-4-17(28)12-24-11-14-8-15(10-16(22)9-14)18-5-6-19-20(27-18)21(23)26-13-25-19/h5-6,8-10,13,17,24H,2-4,7,11-12H2,1H3,(H2,23,25,26). The Bertz CT molecular complexity index is 976. The second kappa shape index (κ2) is 8.16. The zero-order valence-corrected chi connectivity index (χ0v) is 16.0. The Balaban J connectivity index is 1.51. The first-order chi connectivity index (χ1) is 13.6. The van der Waals surface area contributed by atoms with Crippen LogP contribution in [-0.4, -0.2) is 46.0 Å². The van der Waals surface area contributed by atoms with Crippen molar-refractivity contribution in [3.63, 3.8) is 0 Å². The zero-order valence-electron chi connectivity index (χ0n) is 16.0. The van der Waals surface area contributed by atoms with E-state index in [2.05, 4.69) is 32.2 Å². The van der Waals surface area contributed by atoms with E-state index in [-0.39, 0.29) is 5.82 Å². The Morgan fingerprint density at radius 2 is 2.11 bits per heavy atom. The number of benzene rings is 1. The molecular formula is C21H25FN6. The molecule has 0 amide bonds. The average Bonchev–Trinajstić information content (AvgIpc) is 2.69. The van der Waals surface area contributed by atoms with Gasteiger partial charge in [-0.05, 0) is 62.3 Å². The van der Waals surface area contributed by atoms with Crippen molar-refractivity contribution in [2.45, 2.75) is 31.8 Å². The van der Waals surface area contributed by atoms with E-state index in [4.69, 9.17) is 5.73 Å². The Hall–Kier alpha value is -2.64. The third-order valence-corrected chi connectivity index (χ3v) is 5.39. The zero-order chi connectivity index (χ0) is 19.5. The molecule has 1 fully saturated rings. The molecule has 4 rings (SSSR count). The molecular weight excluding hydrogens is 355 g/mol. The lowest BCUT2D eigenvalue weighted by Crippen LogP contribution is -2.42. The van der Waals surface area contributed by atoms with Crippen LogP contribution < -0.4 is 11.1 Å². The SMILES string of the molecule is CN1CCCCC1CNCc1cc(F)cc(-c2ccc3ncnc(N)c3n2)c1. The molecule has 0 saturated carbocycles. The summed E-state index contributed by atoms with van der Waals surface area (Å²) >= 11 is 0. The maximum absolute atomic E-state index is 14.2. The summed E-state index contributed by atoms with van der Waals surface area (Å²) in [5, 5.41) is 3.48. The number of likely N-dealkylation sites (tertiary alicyclic amines) is 1. The molecule has 1 aliphatic rings. The Labute approximate surface area is 164 Å². The molecule has 1 unspecified atom stereocenters. The highest BCUT2D eigenvalue weighted by Crippen LogP contribution is 2.24. The van der Waals surface area contributed by atoms with Crippen molar-refractivity contribution in [2.24, 2.45) is 0 Å². The summed E-state index contributed by atoms with van der Waals surface area (Å²) < 4.78 is 14.2. The summed E-state index contributed by atoms with van der Waals surface area (Å²) in [7, 11) is 2.17. The number of hydrogen-bond acceptors (Lipinski definition) is 6. The molecule has 0 aliphatic carbocycles. The van der Waals surface area contributed by atoms with Gasteiger partial charge >= 0.3 is 0 Å². The Morgan fingerprint density at radius 1 is 1.21 bits per heavy atom. The van der Waals surface area contributed by atoms with Crippen molar-refractivity contribution in [2.75, 3.05) is 25.9 Å². The molecule has 7 heteroatoms. The maximum atomic E-state index is 14.2. The van der Waals surface area contributed by atoms with Gasteiger partial charge in [-0.15, -0.1) is 0 Å². The summed E-state index contributed by atoms with van der Waals surface area (Å²) in [6.07, 6.45) is 5.17. The normalized spacial score (nSPS) is 17.9.